The minimum absolute atomic E-state index is 0.463. The molecule has 7 nitrogen and oxygen atoms in total. The molecule has 1 atom stereocenters. The van der Waals surface area contributed by atoms with Crippen molar-refractivity contribution >= 4 is 22.3 Å². The summed E-state index contributed by atoms with van der Waals surface area (Å²) in [6.45, 7) is 7.42. The van der Waals surface area contributed by atoms with Gasteiger partial charge in [0.25, 0.3) is 0 Å². The van der Waals surface area contributed by atoms with Crippen LogP contribution in [0.25, 0.3) is 0 Å². The highest BCUT2D eigenvalue weighted by atomic mass is 32.1. The molecule has 0 radical (unpaired) electrons. The number of aryl methyl sites for hydroxylation is 1. The minimum Gasteiger partial charge on any atom is -0.380 e. The normalized spacial score (nSPS) is 21.3. The van der Waals surface area contributed by atoms with E-state index in [9.17, 15) is 0 Å². The molecule has 8 heteroatoms. The number of nitrogens with zero attached hydrogens (tertiary/aromatic N) is 4. The van der Waals surface area contributed by atoms with Crippen LogP contribution in [0.15, 0.2) is 18.5 Å². The Balaban J connectivity index is 1.40. The van der Waals surface area contributed by atoms with E-state index in [0.29, 0.717) is 22.0 Å². The van der Waals surface area contributed by atoms with E-state index in [1.165, 1.54) is 22.5 Å². The fourth-order valence-corrected chi connectivity index (χ4v) is 4.09. The number of nitrogens with one attached hydrogen (secondary N) is 1. The number of hydrogen-bond acceptors (Lipinski definition) is 8. The van der Waals surface area contributed by atoms with E-state index >= 15 is 0 Å². The van der Waals surface area contributed by atoms with Gasteiger partial charge in [-0.2, -0.15) is 5.26 Å². The van der Waals surface area contributed by atoms with Crippen molar-refractivity contribution in [3.63, 3.8) is 0 Å². The van der Waals surface area contributed by atoms with Gasteiger partial charge in [-0.25, -0.2) is 9.97 Å². The number of pyridine rings is 1. The lowest BCUT2D eigenvalue weighted by Crippen LogP contribution is -2.51. The van der Waals surface area contributed by atoms with E-state index in [-0.39, 0.29) is 0 Å². The molecular weight excluding hydrogens is 362 g/mol. The smallest absolute Gasteiger partial charge is 0.189 e. The molecule has 4 rings (SSSR count). The summed E-state index contributed by atoms with van der Waals surface area (Å²) < 4.78 is 11.2. The zero-order valence-electron chi connectivity index (χ0n) is 15.4. The average Bonchev–Trinajstić information content (AvgIpc) is 2.94. The molecular formula is C19H23N5O2S. The van der Waals surface area contributed by atoms with Gasteiger partial charge in [0, 0.05) is 19.3 Å². The molecule has 1 N–H and O–H groups in total. The second-order valence-corrected chi connectivity index (χ2v) is 8.12. The maximum atomic E-state index is 8.90. The van der Waals surface area contributed by atoms with Gasteiger partial charge >= 0.3 is 0 Å². The molecule has 0 unspecified atom stereocenters. The third kappa shape index (κ3) is 4.45. The maximum absolute atomic E-state index is 8.90. The Morgan fingerprint density at radius 1 is 1.30 bits per heavy atom. The van der Waals surface area contributed by atoms with Crippen molar-refractivity contribution in [2.24, 2.45) is 5.92 Å². The maximum Gasteiger partial charge on any atom is 0.189 e. The Morgan fingerprint density at radius 2 is 2.19 bits per heavy atom. The number of anilines is 2. The molecule has 2 fully saturated rings. The van der Waals surface area contributed by atoms with E-state index in [4.69, 9.17) is 14.7 Å². The second kappa shape index (κ2) is 8.31. The molecule has 0 spiro atoms. The van der Waals surface area contributed by atoms with Crippen LogP contribution in [-0.4, -0.2) is 60.4 Å². The van der Waals surface area contributed by atoms with Crippen LogP contribution in [0.2, 0.25) is 0 Å². The number of nitriles is 1. The van der Waals surface area contributed by atoms with Crippen molar-refractivity contribution < 1.29 is 9.47 Å². The van der Waals surface area contributed by atoms with Crippen LogP contribution in [0.4, 0.5) is 10.9 Å². The summed E-state index contributed by atoms with van der Waals surface area (Å²) in [7, 11) is 0. The molecule has 0 saturated carbocycles. The lowest BCUT2D eigenvalue weighted by atomic mass is 9.97. The summed E-state index contributed by atoms with van der Waals surface area (Å²) in [4.78, 5) is 11.8. The zero-order chi connectivity index (χ0) is 18.6. The van der Waals surface area contributed by atoms with Gasteiger partial charge in [0.2, 0.25) is 0 Å². The van der Waals surface area contributed by atoms with Gasteiger partial charge in [-0.1, -0.05) is 11.3 Å². The Bertz CT molecular complexity index is 830. The fraction of sp³-hybridized carbons (Fsp3) is 0.526. The van der Waals surface area contributed by atoms with Crippen LogP contribution in [0.5, 0.6) is 0 Å². The third-order valence-electron chi connectivity index (χ3n) is 5.08. The molecule has 0 bridgehead atoms. The number of aromatic nitrogens is 2. The molecule has 0 amide bonds. The van der Waals surface area contributed by atoms with Crippen LogP contribution in [0, 0.1) is 24.2 Å². The van der Waals surface area contributed by atoms with Gasteiger partial charge in [-0.3, -0.25) is 4.90 Å². The molecule has 2 aromatic heterocycles. The lowest BCUT2D eigenvalue weighted by Gasteiger charge is -2.37. The first-order chi connectivity index (χ1) is 13.2. The second-order valence-electron chi connectivity index (χ2n) is 7.09. The highest BCUT2D eigenvalue weighted by Gasteiger charge is 2.29. The van der Waals surface area contributed by atoms with Gasteiger partial charge in [0.15, 0.2) is 5.13 Å². The number of ether oxygens (including phenoxy) is 2. The Hall–Kier alpha value is -2.05. The highest BCUT2D eigenvalue weighted by molar-refractivity contribution is 7.16. The van der Waals surface area contributed by atoms with Crippen LogP contribution < -0.4 is 5.32 Å². The molecule has 0 aliphatic carbocycles. The summed E-state index contributed by atoms with van der Waals surface area (Å²) >= 11 is 1.32. The predicted octanol–water partition coefficient (Wildman–Crippen LogP) is 2.35. The fourth-order valence-electron chi connectivity index (χ4n) is 3.47. The van der Waals surface area contributed by atoms with Crippen LogP contribution in [-0.2, 0) is 15.9 Å². The van der Waals surface area contributed by atoms with Crippen molar-refractivity contribution in [1.82, 2.24) is 14.9 Å². The topological polar surface area (TPSA) is 83.3 Å². The van der Waals surface area contributed by atoms with Gasteiger partial charge in [-0.05, 0) is 36.5 Å². The summed E-state index contributed by atoms with van der Waals surface area (Å²) in [5.41, 5.74) is 2.45. The van der Waals surface area contributed by atoms with Crippen LogP contribution in [0.1, 0.15) is 16.0 Å². The summed E-state index contributed by atoms with van der Waals surface area (Å²) in [6.07, 6.45) is 4.47. The van der Waals surface area contributed by atoms with Crippen molar-refractivity contribution in [1.29, 1.82) is 5.26 Å². The first kappa shape index (κ1) is 18.3. The molecule has 2 aromatic rings. The van der Waals surface area contributed by atoms with E-state index in [1.807, 2.05) is 12.3 Å². The van der Waals surface area contributed by atoms with E-state index < -0.39 is 0 Å². The minimum atomic E-state index is 0.463. The molecule has 27 heavy (non-hydrogen) atoms. The van der Waals surface area contributed by atoms with Crippen LogP contribution in [0.3, 0.4) is 0 Å². The largest absolute Gasteiger partial charge is 0.380 e. The monoisotopic (exact) mass is 385 g/mol. The molecule has 2 saturated heterocycles. The quantitative estimate of drug-likeness (QED) is 0.846. The van der Waals surface area contributed by atoms with Gasteiger partial charge < -0.3 is 14.8 Å². The zero-order valence-corrected chi connectivity index (χ0v) is 16.2. The van der Waals surface area contributed by atoms with E-state index in [0.717, 1.165) is 51.8 Å². The number of hydrogen-bond donors (Lipinski definition) is 1. The van der Waals surface area contributed by atoms with Gasteiger partial charge in [0.05, 0.1) is 38.7 Å². The first-order valence-corrected chi connectivity index (χ1v) is 10.0. The predicted molar refractivity (Wildman–Crippen MR) is 103 cm³/mol. The van der Waals surface area contributed by atoms with Crippen molar-refractivity contribution in [3.05, 3.63) is 34.5 Å². The molecule has 142 valence electrons. The van der Waals surface area contributed by atoms with Crippen molar-refractivity contribution in [2.45, 2.75) is 19.4 Å². The average molecular weight is 385 g/mol. The Kier molecular flexibility index (Phi) is 5.64. The van der Waals surface area contributed by atoms with Gasteiger partial charge in [-0.15, -0.1) is 0 Å². The van der Waals surface area contributed by atoms with Crippen LogP contribution >= 0.6 is 11.3 Å². The third-order valence-corrected chi connectivity index (χ3v) is 5.90. The molecule has 4 heterocycles. The van der Waals surface area contributed by atoms with Crippen molar-refractivity contribution in [2.75, 3.05) is 44.8 Å². The lowest BCUT2D eigenvalue weighted by molar-refractivity contribution is -0.0667. The summed E-state index contributed by atoms with van der Waals surface area (Å²) in [5, 5.41) is 12.8. The van der Waals surface area contributed by atoms with E-state index in [1.54, 1.807) is 6.20 Å². The van der Waals surface area contributed by atoms with Gasteiger partial charge in [0.1, 0.15) is 16.8 Å². The van der Waals surface area contributed by atoms with Crippen molar-refractivity contribution in [3.8, 4) is 6.07 Å². The highest BCUT2D eigenvalue weighted by Crippen LogP contribution is 2.24. The SMILES string of the molecule is Cc1cc(Nc2ncc(C#N)s2)ncc1C[C@H]1COCCN(C2COC2)C1. The molecule has 0 aromatic carbocycles. The first-order valence-electron chi connectivity index (χ1n) is 9.19. The Morgan fingerprint density at radius 3 is 2.89 bits per heavy atom. The summed E-state index contributed by atoms with van der Waals surface area (Å²) in [6, 6.07) is 4.69. The van der Waals surface area contributed by atoms with E-state index in [2.05, 4.69) is 33.2 Å². The molecule has 2 aliphatic heterocycles. The number of rotatable bonds is 5. The Labute approximate surface area is 163 Å². The molecule has 2 aliphatic rings. The number of thiazole rings is 1. The standard InChI is InChI=1S/C19H23N5O2S/c1-13-4-18(23-19-22-8-17(6-20)27-19)21-7-15(13)5-14-9-24(2-3-25-10-14)16-11-26-12-16/h4,7-8,14,16H,2-3,5,9-12H2,1H3,(H,21,22,23)/t14-/m1/s1. The summed E-state index contributed by atoms with van der Waals surface area (Å²) in [5.74, 6) is 1.21.